The van der Waals surface area contributed by atoms with Crippen LogP contribution in [-0.2, 0) is 13.2 Å². The van der Waals surface area contributed by atoms with Gasteiger partial charge in [0.25, 0.3) is 0 Å². The van der Waals surface area contributed by atoms with Gasteiger partial charge in [-0.15, -0.1) is 0 Å². The summed E-state index contributed by atoms with van der Waals surface area (Å²) >= 11 is 18.4. The van der Waals surface area contributed by atoms with Crippen LogP contribution in [0.5, 0.6) is 11.5 Å². The Morgan fingerprint density at radius 2 is 1.76 bits per heavy atom. The highest BCUT2D eigenvalue weighted by Gasteiger charge is 2.12. The van der Waals surface area contributed by atoms with Crippen LogP contribution in [0.3, 0.4) is 0 Å². The summed E-state index contributed by atoms with van der Waals surface area (Å²) in [5.74, 6) is 1.23. The van der Waals surface area contributed by atoms with E-state index in [9.17, 15) is 0 Å². The molecule has 1 N–H and O–H groups in total. The van der Waals surface area contributed by atoms with Crippen LogP contribution in [0.1, 0.15) is 31.4 Å². The van der Waals surface area contributed by atoms with E-state index in [1.165, 1.54) is 0 Å². The van der Waals surface area contributed by atoms with Gasteiger partial charge in [-0.25, -0.2) is 0 Å². The molecule has 2 aromatic rings. The molecule has 136 valence electrons. The first-order valence-electron chi connectivity index (χ1n) is 8.11. The quantitative estimate of drug-likeness (QED) is 0.576. The summed E-state index contributed by atoms with van der Waals surface area (Å²) in [4.78, 5) is 0. The third-order valence-corrected chi connectivity index (χ3v) is 5.06. The zero-order valence-corrected chi connectivity index (χ0v) is 16.8. The van der Waals surface area contributed by atoms with E-state index in [0.29, 0.717) is 45.8 Å². The minimum absolute atomic E-state index is 0.341. The maximum Gasteiger partial charge on any atom is 0.163 e. The van der Waals surface area contributed by atoms with Crippen molar-refractivity contribution < 1.29 is 9.47 Å². The maximum absolute atomic E-state index is 6.40. The van der Waals surface area contributed by atoms with Gasteiger partial charge in [-0.1, -0.05) is 47.8 Å². The lowest BCUT2D eigenvalue weighted by Gasteiger charge is -2.16. The Balaban J connectivity index is 2.11. The highest BCUT2D eigenvalue weighted by Crippen LogP contribution is 2.34. The molecule has 3 nitrogen and oxygen atoms in total. The average Bonchev–Trinajstić information content (AvgIpc) is 2.61. The van der Waals surface area contributed by atoms with E-state index in [0.717, 1.165) is 17.5 Å². The number of methoxy groups -OCH3 is 1. The molecule has 0 fully saturated rings. The number of halogens is 3. The predicted octanol–water partition coefficient (Wildman–Crippen LogP) is 6.12. The van der Waals surface area contributed by atoms with Crippen LogP contribution in [0.25, 0.3) is 0 Å². The monoisotopic (exact) mass is 401 g/mol. The van der Waals surface area contributed by atoms with Crippen LogP contribution in [0.2, 0.25) is 15.1 Å². The zero-order chi connectivity index (χ0) is 18.4. The maximum atomic E-state index is 6.40. The van der Waals surface area contributed by atoms with Crippen molar-refractivity contribution in [2.24, 2.45) is 0 Å². The summed E-state index contributed by atoms with van der Waals surface area (Å²) in [5.41, 5.74) is 1.88. The molecule has 0 radical (unpaired) electrons. The number of hydrogen-bond donors (Lipinski definition) is 1. The minimum atomic E-state index is 0.341. The Morgan fingerprint density at radius 3 is 2.40 bits per heavy atom. The van der Waals surface area contributed by atoms with Crippen molar-refractivity contribution in [3.05, 3.63) is 56.5 Å². The Bertz CT molecular complexity index is 722. The smallest absolute Gasteiger partial charge is 0.163 e. The van der Waals surface area contributed by atoms with Gasteiger partial charge in [-0.05, 0) is 42.7 Å². The Hall–Kier alpha value is -1.13. The predicted molar refractivity (Wildman–Crippen MR) is 105 cm³/mol. The van der Waals surface area contributed by atoms with Crippen molar-refractivity contribution >= 4 is 34.8 Å². The van der Waals surface area contributed by atoms with E-state index in [-0.39, 0.29) is 0 Å². The molecule has 1 atom stereocenters. The van der Waals surface area contributed by atoms with E-state index in [1.807, 2.05) is 12.1 Å². The largest absolute Gasteiger partial charge is 0.493 e. The molecule has 25 heavy (non-hydrogen) atoms. The molecule has 0 aliphatic heterocycles. The second-order valence-corrected chi connectivity index (χ2v) is 7.04. The van der Waals surface area contributed by atoms with E-state index in [1.54, 1.807) is 25.3 Å². The lowest BCUT2D eigenvalue weighted by Crippen LogP contribution is -2.24. The number of ether oxygens (including phenoxy) is 2. The fourth-order valence-electron chi connectivity index (χ4n) is 2.20. The van der Waals surface area contributed by atoms with Gasteiger partial charge in [0.15, 0.2) is 11.5 Å². The lowest BCUT2D eigenvalue weighted by atomic mass is 10.1. The summed E-state index contributed by atoms with van der Waals surface area (Å²) in [6.07, 6.45) is 1.06. The third-order valence-electron chi connectivity index (χ3n) is 3.96. The van der Waals surface area contributed by atoms with Gasteiger partial charge in [-0.2, -0.15) is 0 Å². The summed E-state index contributed by atoms with van der Waals surface area (Å²) in [7, 11) is 1.61. The van der Waals surface area contributed by atoms with Crippen molar-refractivity contribution in [1.82, 2.24) is 5.32 Å². The first kappa shape index (κ1) is 20.2. The standard InChI is InChI=1S/C19H22Cl3NO2/c1-4-12(2)23-10-14-8-18(24-3)19(9-16(14)21)25-11-13-5-6-15(20)17(22)7-13/h5-9,12,23H,4,10-11H2,1-3H3. The number of nitrogens with one attached hydrogen (secondary N) is 1. The van der Waals surface area contributed by atoms with E-state index in [4.69, 9.17) is 44.3 Å². The zero-order valence-electron chi connectivity index (χ0n) is 14.5. The number of benzene rings is 2. The third kappa shape index (κ3) is 5.68. The fourth-order valence-corrected chi connectivity index (χ4v) is 2.75. The van der Waals surface area contributed by atoms with E-state index < -0.39 is 0 Å². The topological polar surface area (TPSA) is 30.5 Å². The summed E-state index contributed by atoms with van der Waals surface area (Å²) in [6.45, 7) is 5.30. The van der Waals surface area contributed by atoms with Crippen LogP contribution < -0.4 is 14.8 Å². The van der Waals surface area contributed by atoms with Gasteiger partial charge in [0, 0.05) is 23.7 Å². The number of hydrogen-bond acceptors (Lipinski definition) is 3. The molecule has 0 heterocycles. The van der Waals surface area contributed by atoms with Gasteiger partial charge >= 0.3 is 0 Å². The van der Waals surface area contributed by atoms with Crippen LogP contribution in [0.15, 0.2) is 30.3 Å². The van der Waals surface area contributed by atoms with E-state index in [2.05, 4.69) is 19.2 Å². The molecule has 0 spiro atoms. The van der Waals surface area contributed by atoms with Crippen LogP contribution in [0.4, 0.5) is 0 Å². The summed E-state index contributed by atoms with van der Waals surface area (Å²) in [6, 6.07) is 9.51. The second kappa shape index (κ2) is 9.54. The molecule has 2 rings (SSSR count). The Labute approximate surface area is 164 Å². The van der Waals surface area contributed by atoms with Crippen LogP contribution in [-0.4, -0.2) is 13.2 Å². The first-order valence-corrected chi connectivity index (χ1v) is 9.24. The average molecular weight is 403 g/mol. The van der Waals surface area contributed by atoms with Crippen LogP contribution in [0, 0.1) is 0 Å². The first-order chi connectivity index (χ1) is 11.9. The van der Waals surface area contributed by atoms with Gasteiger partial charge in [0.1, 0.15) is 6.61 Å². The van der Waals surface area contributed by atoms with Gasteiger partial charge < -0.3 is 14.8 Å². The Morgan fingerprint density at radius 1 is 1.00 bits per heavy atom. The highest BCUT2D eigenvalue weighted by atomic mass is 35.5. The molecule has 2 aromatic carbocycles. The van der Waals surface area contributed by atoms with Crippen molar-refractivity contribution in [1.29, 1.82) is 0 Å². The fraction of sp³-hybridized carbons (Fsp3) is 0.368. The molecule has 0 bridgehead atoms. The van der Waals surface area contributed by atoms with Crippen molar-refractivity contribution in [3.8, 4) is 11.5 Å². The molecule has 0 amide bonds. The molecule has 0 saturated heterocycles. The molecule has 0 aliphatic carbocycles. The minimum Gasteiger partial charge on any atom is -0.493 e. The van der Waals surface area contributed by atoms with Crippen molar-refractivity contribution in [2.45, 2.75) is 39.5 Å². The lowest BCUT2D eigenvalue weighted by molar-refractivity contribution is 0.284. The summed E-state index contributed by atoms with van der Waals surface area (Å²) < 4.78 is 11.3. The van der Waals surface area contributed by atoms with Gasteiger partial charge in [0.2, 0.25) is 0 Å². The normalized spacial score (nSPS) is 12.1. The summed E-state index contributed by atoms with van der Waals surface area (Å²) in [5, 5.41) is 5.08. The molecule has 6 heteroatoms. The van der Waals surface area contributed by atoms with Crippen molar-refractivity contribution in [2.75, 3.05) is 7.11 Å². The highest BCUT2D eigenvalue weighted by molar-refractivity contribution is 6.42. The molecular formula is C19H22Cl3NO2. The molecule has 1 unspecified atom stereocenters. The Kier molecular flexibility index (Phi) is 7.70. The van der Waals surface area contributed by atoms with E-state index >= 15 is 0 Å². The van der Waals surface area contributed by atoms with Crippen LogP contribution >= 0.6 is 34.8 Å². The molecular weight excluding hydrogens is 381 g/mol. The molecule has 0 aromatic heterocycles. The SMILES string of the molecule is CCC(C)NCc1cc(OC)c(OCc2ccc(Cl)c(Cl)c2)cc1Cl. The van der Waals surface area contributed by atoms with Crippen molar-refractivity contribution in [3.63, 3.8) is 0 Å². The van der Waals surface area contributed by atoms with Gasteiger partial charge in [0.05, 0.1) is 17.2 Å². The molecule has 0 saturated carbocycles. The van der Waals surface area contributed by atoms with Gasteiger partial charge in [-0.3, -0.25) is 0 Å². The number of rotatable bonds is 8. The second-order valence-electron chi connectivity index (χ2n) is 5.82. The molecule has 0 aliphatic rings.